The Hall–Kier alpha value is -3.80. The Labute approximate surface area is 162 Å². The van der Waals surface area contributed by atoms with Crippen LogP contribution in [0.1, 0.15) is 31.8 Å². The molecule has 0 saturated carbocycles. The van der Waals surface area contributed by atoms with Gasteiger partial charge in [-0.05, 0) is 36.4 Å². The lowest BCUT2D eigenvalue weighted by Crippen LogP contribution is -2.06. The second-order valence-electron chi connectivity index (χ2n) is 6.15. The van der Waals surface area contributed by atoms with Crippen molar-refractivity contribution in [3.8, 4) is 11.5 Å². The molecule has 0 fully saturated rings. The Kier molecular flexibility index (Phi) is 5.31. The molecule has 0 spiro atoms. The molecule has 3 rings (SSSR count). The largest absolute Gasteiger partial charge is 0.495 e. The lowest BCUT2D eigenvalue weighted by Gasteiger charge is -2.08. The highest BCUT2D eigenvalue weighted by Crippen LogP contribution is 2.25. The average Bonchev–Trinajstić information content (AvgIpc) is 2.73. The van der Waals surface area contributed by atoms with E-state index in [4.69, 9.17) is 20.9 Å². The predicted octanol–water partition coefficient (Wildman–Crippen LogP) is 3.33. The van der Waals surface area contributed by atoms with E-state index in [1.807, 2.05) is 0 Å². The molecule has 6 heteroatoms. The first kappa shape index (κ1) is 19.0. The Morgan fingerprint density at radius 1 is 0.607 bits per heavy atom. The summed E-state index contributed by atoms with van der Waals surface area (Å²) >= 11 is 0. The molecule has 3 aromatic rings. The summed E-state index contributed by atoms with van der Waals surface area (Å²) in [7, 11) is 2.99. The van der Waals surface area contributed by atoms with Crippen LogP contribution >= 0.6 is 0 Å². The summed E-state index contributed by atoms with van der Waals surface area (Å²) in [6, 6.07) is 16.2. The van der Waals surface area contributed by atoms with E-state index < -0.39 is 0 Å². The Morgan fingerprint density at radius 3 is 1.25 bits per heavy atom. The molecule has 0 heterocycles. The molecule has 4 N–H and O–H groups in total. The van der Waals surface area contributed by atoms with E-state index >= 15 is 0 Å². The van der Waals surface area contributed by atoms with Crippen molar-refractivity contribution in [3.05, 3.63) is 82.9 Å². The van der Waals surface area contributed by atoms with Gasteiger partial charge in [0.1, 0.15) is 11.5 Å². The fraction of sp³-hybridized carbons (Fsp3) is 0.0909. The monoisotopic (exact) mass is 376 g/mol. The van der Waals surface area contributed by atoms with Crippen molar-refractivity contribution in [1.82, 2.24) is 0 Å². The third-order valence-corrected chi connectivity index (χ3v) is 4.40. The first-order chi connectivity index (χ1) is 13.4. The van der Waals surface area contributed by atoms with Crippen LogP contribution in [0.3, 0.4) is 0 Å². The van der Waals surface area contributed by atoms with Crippen LogP contribution in [0.15, 0.2) is 60.7 Å². The van der Waals surface area contributed by atoms with Crippen LogP contribution in [-0.4, -0.2) is 25.8 Å². The topological polar surface area (TPSA) is 105 Å². The number of hydrogen-bond donors (Lipinski definition) is 2. The number of nitrogens with two attached hydrogens (primary N) is 2. The first-order valence-corrected chi connectivity index (χ1v) is 8.51. The fourth-order valence-corrected chi connectivity index (χ4v) is 2.81. The van der Waals surface area contributed by atoms with Gasteiger partial charge < -0.3 is 20.9 Å². The maximum absolute atomic E-state index is 12.7. The van der Waals surface area contributed by atoms with Gasteiger partial charge in [0.2, 0.25) is 0 Å². The summed E-state index contributed by atoms with van der Waals surface area (Å²) in [4.78, 5) is 25.4. The molecule has 0 aliphatic rings. The molecule has 0 aromatic heterocycles. The van der Waals surface area contributed by atoms with Gasteiger partial charge in [-0.1, -0.05) is 24.3 Å². The van der Waals surface area contributed by atoms with Crippen molar-refractivity contribution in [2.45, 2.75) is 0 Å². The van der Waals surface area contributed by atoms with E-state index in [9.17, 15) is 9.59 Å². The average molecular weight is 376 g/mol. The van der Waals surface area contributed by atoms with Gasteiger partial charge in [0.05, 0.1) is 25.6 Å². The van der Waals surface area contributed by atoms with E-state index in [1.54, 1.807) is 60.7 Å². The van der Waals surface area contributed by atoms with Crippen LogP contribution in [0.2, 0.25) is 0 Å². The molecular formula is C22H20N2O4. The zero-order chi connectivity index (χ0) is 20.3. The zero-order valence-electron chi connectivity index (χ0n) is 15.6. The molecule has 3 aromatic carbocycles. The van der Waals surface area contributed by atoms with Gasteiger partial charge in [-0.15, -0.1) is 0 Å². The minimum Gasteiger partial charge on any atom is -0.495 e. The number of rotatable bonds is 6. The molecule has 0 radical (unpaired) electrons. The van der Waals surface area contributed by atoms with Crippen LogP contribution < -0.4 is 20.9 Å². The quantitative estimate of drug-likeness (QED) is 0.505. The molecule has 0 atom stereocenters. The highest BCUT2D eigenvalue weighted by molar-refractivity contribution is 6.12. The fourth-order valence-electron chi connectivity index (χ4n) is 2.81. The van der Waals surface area contributed by atoms with Gasteiger partial charge in [0.25, 0.3) is 0 Å². The minimum absolute atomic E-state index is 0.188. The standard InChI is InChI=1S/C22H20N2O4/c1-27-19-11-15(7-9-17(19)23)21(25)13-3-5-14(6-4-13)22(26)16-8-10-18(24)20(12-16)28-2/h3-12H,23-24H2,1-2H3. The number of carbonyl (C=O) groups excluding carboxylic acids is 2. The lowest BCUT2D eigenvalue weighted by atomic mass is 9.98. The summed E-state index contributed by atoms with van der Waals surface area (Å²) in [6.45, 7) is 0. The van der Waals surface area contributed by atoms with E-state index in [0.717, 1.165) is 0 Å². The van der Waals surface area contributed by atoms with Crippen LogP contribution in [0.5, 0.6) is 11.5 Å². The number of benzene rings is 3. The highest BCUT2D eigenvalue weighted by Gasteiger charge is 2.15. The third kappa shape index (κ3) is 3.66. The summed E-state index contributed by atoms with van der Waals surface area (Å²) in [5, 5.41) is 0. The predicted molar refractivity (Wildman–Crippen MR) is 108 cm³/mol. The van der Waals surface area contributed by atoms with Crippen LogP contribution in [0.25, 0.3) is 0 Å². The van der Waals surface area contributed by atoms with Gasteiger partial charge in [-0.25, -0.2) is 0 Å². The molecule has 0 bridgehead atoms. The van der Waals surface area contributed by atoms with E-state index in [2.05, 4.69) is 0 Å². The summed E-state index contributed by atoms with van der Waals surface area (Å²) in [6.07, 6.45) is 0. The minimum atomic E-state index is -0.188. The Balaban J connectivity index is 1.85. The van der Waals surface area contributed by atoms with Crippen molar-refractivity contribution in [2.24, 2.45) is 0 Å². The van der Waals surface area contributed by atoms with Crippen LogP contribution in [0.4, 0.5) is 11.4 Å². The SMILES string of the molecule is COc1cc(C(=O)c2ccc(C(=O)c3ccc(N)c(OC)c3)cc2)ccc1N. The first-order valence-electron chi connectivity index (χ1n) is 8.51. The molecule has 0 saturated heterocycles. The molecule has 28 heavy (non-hydrogen) atoms. The lowest BCUT2D eigenvalue weighted by molar-refractivity contribution is 0.102. The molecule has 142 valence electrons. The summed E-state index contributed by atoms with van der Waals surface area (Å²) in [5.74, 6) is 0.503. The number of anilines is 2. The number of ether oxygens (including phenoxy) is 2. The Morgan fingerprint density at radius 2 is 0.929 bits per heavy atom. The van der Waals surface area contributed by atoms with Crippen molar-refractivity contribution in [1.29, 1.82) is 0 Å². The van der Waals surface area contributed by atoms with Gasteiger partial charge in [0.15, 0.2) is 11.6 Å². The molecule has 0 aliphatic carbocycles. The third-order valence-electron chi connectivity index (χ3n) is 4.40. The molecule has 6 nitrogen and oxygen atoms in total. The smallest absolute Gasteiger partial charge is 0.193 e. The number of hydrogen-bond acceptors (Lipinski definition) is 6. The summed E-state index contributed by atoms with van der Waals surface area (Å²) < 4.78 is 10.3. The highest BCUT2D eigenvalue weighted by atomic mass is 16.5. The van der Waals surface area contributed by atoms with E-state index in [1.165, 1.54) is 14.2 Å². The second kappa shape index (κ2) is 7.84. The van der Waals surface area contributed by atoms with Gasteiger partial charge in [-0.2, -0.15) is 0 Å². The number of methoxy groups -OCH3 is 2. The number of carbonyl (C=O) groups is 2. The molecular weight excluding hydrogens is 356 g/mol. The Bertz CT molecular complexity index is 958. The van der Waals surface area contributed by atoms with Crippen molar-refractivity contribution in [2.75, 3.05) is 25.7 Å². The molecule has 0 amide bonds. The molecule has 0 aliphatic heterocycles. The van der Waals surface area contributed by atoms with Gasteiger partial charge in [-0.3, -0.25) is 9.59 Å². The van der Waals surface area contributed by atoms with E-state index in [0.29, 0.717) is 45.1 Å². The summed E-state index contributed by atoms with van der Waals surface area (Å²) in [5.41, 5.74) is 14.3. The van der Waals surface area contributed by atoms with Crippen LogP contribution in [0, 0.1) is 0 Å². The van der Waals surface area contributed by atoms with Crippen molar-refractivity contribution in [3.63, 3.8) is 0 Å². The zero-order valence-corrected chi connectivity index (χ0v) is 15.6. The normalized spacial score (nSPS) is 10.4. The van der Waals surface area contributed by atoms with Crippen molar-refractivity contribution >= 4 is 22.9 Å². The second-order valence-corrected chi connectivity index (χ2v) is 6.15. The maximum atomic E-state index is 12.7. The molecule has 0 unspecified atom stereocenters. The van der Waals surface area contributed by atoms with E-state index in [-0.39, 0.29) is 11.6 Å². The van der Waals surface area contributed by atoms with Gasteiger partial charge in [0, 0.05) is 22.3 Å². The van der Waals surface area contributed by atoms with Gasteiger partial charge >= 0.3 is 0 Å². The number of nitrogen functional groups attached to an aromatic ring is 2. The maximum Gasteiger partial charge on any atom is 0.193 e. The number of ketones is 2. The van der Waals surface area contributed by atoms with Crippen LogP contribution in [-0.2, 0) is 0 Å². The van der Waals surface area contributed by atoms with Crippen molar-refractivity contribution < 1.29 is 19.1 Å².